The summed E-state index contributed by atoms with van der Waals surface area (Å²) < 4.78 is 2.91. The van der Waals surface area contributed by atoms with Gasteiger partial charge in [0.2, 0.25) is 0 Å². The molecule has 0 spiro atoms. The highest BCUT2D eigenvalue weighted by Crippen LogP contribution is 2.09. The van der Waals surface area contributed by atoms with Crippen LogP contribution >= 0.6 is 0 Å². The largest absolute Gasteiger partial charge is 0.383 e. The van der Waals surface area contributed by atoms with Gasteiger partial charge in [-0.25, -0.2) is 4.79 Å². The zero-order valence-corrected chi connectivity index (χ0v) is 10.5. The van der Waals surface area contributed by atoms with Crippen molar-refractivity contribution in [3.63, 3.8) is 0 Å². The molecular formula is C10H15N7O2. The molecule has 4 N–H and O–H groups in total. The number of rotatable bonds is 5. The van der Waals surface area contributed by atoms with Gasteiger partial charge in [0.15, 0.2) is 0 Å². The maximum atomic E-state index is 11.7. The number of nitrogens with two attached hydrogens (primary N) is 1. The summed E-state index contributed by atoms with van der Waals surface area (Å²) in [5.41, 5.74) is 4.97. The molecule has 0 amide bonds. The van der Waals surface area contributed by atoms with Crippen LogP contribution in [0.1, 0.15) is 6.92 Å². The predicted octanol–water partition coefficient (Wildman–Crippen LogP) is -1.16. The summed E-state index contributed by atoms with van der Waals surface area (Å²) in [4.78, 5) is 25.4. The summed E-state index contributed by atoms with van der Waals surface area (Å²) in [6.45, 7) is 3.14. The van der Waals surface area contributed by atoms with E-state index in [0.717, 1.165) is 0 Å². The fourth-order valence-corrected chi connectivity index (χ4v) is 1.72. The molecular weight excluding hydrogens is 250 g/mol. The lowest BCUT2D eigenvalue weighted by Crippen LogP contribution is -2.34. The number of hydrogen-bond acceptors (Lipinski definition) is 6. The van der Waals surface area contributed by atoms with Crippen molar-refractivity contribution in [2.75, 3.05) is 17.6 Å². The van der Waals surface area contributed by atoms with Gasteiger partial charge in [0.05, 0.1) is 12.7 Å². The first-order valence-corrected chi connectivity index (χ1v) is 5.84. The number of nitrogens with one attached hydrogen (secondary N) is 2. The van der Waals surface area contributed by atoms with Gasteiger partial charge in [0, 0.05) is 19.3 Å². The number of aromatic nitrogens is 5. The number of nitrogens with zero attached hydrogens (tertiary/aromatic N) is 4. The van der Waals surface area contributed by atoms with Gasteiger partial charge in [0.1, 0.15) is 11.5 Å². The molecule has 9 nitrogen and oxygen atoms in total. The normalized spacial score (nSPS) is 10.6. The summed E-state index contributed by atoms with van der Waals surface area (Å²) in [6.07, 6.45) is 3.28. The van der Waals surface area contributed by atoms with Crippen LogP contribution in [0, 0.1) is 0 Å². The highest BCUT2D eigenvalue weighted by molar-refractivity contribution is 5.60. The van der Waals surface area contributed by atoms with Crippen LogP contribution in [0.3, 0.4) is 0 Å². The van der Waals surface area contributed by atoms with Crippen LogP contribution in [0.5, 0.6) is 0 Å². The molecule has 9 heteroatoms. The molecule has 2 rings (SSSR count). The van der Waals surface area contributed by atoms with E-state index in [1.54, 1.807) is 24.0 Å². The fraction of sp³-hybridized carbons (Fsp3) is 0.400. The summed E-state index contributed by atoms with van der Waals surface area (Å²) in [6, 6.07) is 0. The molecule has 2 aromatic rings. The Kier molecular flexibility index (Phi) is 3.64. The molecule has 0 radical (unpaired) electrons. The van der Waals surface area contributed by atoms with Crippen LogP contribution in [0.2, 0.25) is 0 Å². The Morgan fingerprint density at radius 3 is 2.89 bits per heavy atom. The lowest BCUT2D eigenvalue weighted by Gasteiger charge is -2.12. The molecule has 2 aromatic heterocycles. The number of nitrogen functional groups attached to an aromatic ring is 1. The Morgan fingerprint density at radius 2 is 2.26 bits per heavy atom. The van der Waals surface area contributed by atoms with Crippen molar-refractivity contribution >= 4 is 11.5 Å². The van der Waals surface area contributed by atoms with Crippen LogP contribution in [-0.4, -0.2) is 31.1 Å². The maximum absolute atomic E-state index is 11.7. The van der Waals surface area contributed by atoms with Crippen molar-refractivity contribution < 1.29 is 0 Å². The second-order valence-electron chi connectivity index (χ2n) is 3.86. The third-order valence-electron chi connectivity index (χ3n) is 2.67. The summed E-state index contributed by atoms with van der Waals surface area (Å²) in [5, 5.41) is 10.4. The van der Waals surface area contributed by atoms with Gasteiger partial charge in [-0.2, -0.15) is 0 Å². The average Bonchev–Trinajstić information content (AvgIpc) is 2.86. The van der Waals surface area contributed by atoms with Gasteiger partial charge in [0.25, 0.3) is 5.56 Å². The van der Waals surface area contributed by atoms with Crippen molar-refractivity contribution in [3.8, 4) is 0 Å². The number of H-pyrrole nitrogens is 1. The molecule has 0 aliphatic heterocycles. The van der Waals surface area contributed by atoms with Crippen LogP contribution in [0.15, 0.2) is 22.0 Å². The lowest BCUT2D eigenvalue weighted by molar-refractivity contribution is 0.608. The summed E-state index contributed by atoms with van der Waals surface area (Å²) >= 11 is 0. The van der Waals surface area contributed by atoms with Gasteiger partial charge in [-0.15, -0.1) is 5.10 Å². The third kappa shape index (κ3) is 2.64. The van der Waals surface area contributed by atoms with Gasteiger partial charge < -0.3 is 11.1 Å². The van der Waals surface area contributed by atoms with E-state index in [0.29, 0.717) is 19.6 Å². The van der Waals surface area contributed by atoms with Crippen molar-refractivity contribution in [2.45, 2.75) is 20.0 Å². The highest BCUT2D eigenvalue weighted by atomic mass is 16.2. The van der Waals surface area contributed by atoms with Crippen molar-refractivity contribution in [2.24, 2.45) is 0 Å². The lowest BCUT2D eigenvalue weighted by atomic mass is 10.4. The van der Waals surface area contributed by atoms with E-state index >= 15 is 0 Å². The fourth-order valence-electron chi connectivity index (χ4n) is 1.72. The Bertz CT molecular complexity index is 656. The smallest absolute Gasteiger partial charge is 0.330 e. The first-order valence-electron chi connectivity index (χ1n) is 5.84. The molecule has 102 valence electrons. The van der Waals surface area contributed by atoms with Crippen LogP contribution in [0.25, 0.3) is 0 Å². The van der Waals surface area contributed by atoms with Crippen molar-refractivity contribution in [1.29, 1.82) is 0 Å². The number of hydrogen-bond donors (Lipinski definition) is 3. The zero-order valence-electron chi connectivity index (χ0n) is 10.5. The Hall–Kier alpha value is -2.58. The van der Waals surface area contributed by atoms with Gasteiger partial charge >= 0.3 is 5.69 Å². The molecule has 0 aromatic carbocycles. The minimum Gasteiger partial charge on any atom is -0.383 e. The summed E-state index contributed by atoms with van der Waals surface area (Å²) in [7, 11) is 0. The van der Waals surface area contributed by atoms with Crippen molar-refractivity contribution in [3.05, 3.63) is 33.2 Å². The molecule has 0 bridgehead atoms. The molecule has 0 aliphatic carbocycles. The van der Waals surface area contributed by atoms with E-state index in [-0.39, 0.29) is 11.5 Å². The Balaban J connectivity index is 2.16. The second-order valence-corrected chi connectivity index (χ2v) is 3.86. The molecule has 0 atom stereocenters. The second kappa shape index (κ2) is 5.38. The molecule has 19 heavy (non-hydrogen) atoms. The molecule has 0 saturated carbocycles. The van der Waals surface area contributed by atoms with E-state index < -0.39 is 11.2 Å². The molecule has 0 saturated heterocycles. The number of aromatic amines is 1. The van der Waals surface area contributed by atoms with E-state index in [2.05, 4.69) is 20.6 Å². The van der Waals surface area contributed by atoms with Crippen LogP contribution < -0.4 is 22.3 Å². The highest BCUT2D eigenvalue weighted by Gasteiger charge is 2.10. The molecule has 2 heterocycles. The standard InChI is InChI=1S/C10H15N7O2/c1-2-17-8(11)7(9(18)14-10(17)19)12-3-5-16-6-4-13-15-16/h4,6,12H,2-3,5,11H2,1H3,(H,14,18,19). The molecule has 0 unspecified atom stereocenters. The monoisotopic (exact) mass is 265 g/mol. The molecule has 0 aliphatic rings. The predicted molar refractivity (Wildman–Crippen MR) is 69.9 cm³/mol. The molecule has 0 fully saturated rings. The first kappa shape index (κ1) is 12.9. The Labute approximate surface area is 108 Å². The minimum atomic E-state index is -0.522. The summed E-state index contributed by atoms with van der Waals surface area (Å²) in [5.74, 6) is 0.134. The Morgan fingerprint density at radius 1 is 1.47 bits per heavy atom. The van der Waals surface area contributed by atoms with E-state index in [1.165, 1.54) is 4.57 Å². The van der Waals surface area contributed by atoms with E-state index in [9.17, 15) is 9.59 Å². The van der Waals surface area contributed by atoms with Gasteiger partial charge in [-0.1, -0.05) is 5.21 Å². The minimum absolute atomic E-state index is 0.134. The zero-order chi connectivity index (χ0) is 13.8. The quantitative estimate of drug-likeness (QED) is 0.626. The van der Waals surface area contributed by atoms with E-state index in [1.807, 2.05) is 0 Å². The maximum Gasteiger partial charge on any atom is 0.330 e. The topological polar surface area (TPSA) is 124 Å². The van der Waals surface area contributed by atoms with E-state index in [4.69, 9.17) is 5.73 Å². The van der Waals surface area contributed by atoms with Crippen molar-refractivity contribution in [1.82, 2.24) is 24.5 Å². The van der Waals surface area contributed by atoms with Crippen LogP contribution in [0.4, 0.5) is 11.5 Å². The van der Waals surface area contributed by atoms with Gasteiger partial charge in [-0.3, -0.25) is 19.0 Å². The van der Waals surface area contributed by atoms with Crippen LogP contribution in [-0.2, 0) is 13.1 Å². The average molecular weight is 265 g/mol. The third-order valence-corrected chi connectivity index (χ3v) is 2.67. The van der Waals surface area contributed by atoms with Gasteiger partial charge in [-0.05, 0) is 6.92 Å². The number of anilines is 2. The first-order chi connectivity index (χ1) is 9.13. The SMILES string of the molecule is CCn1c(N)c(NCCn2ccnn2)c(=O)[nH]c1=O.